The number of aromatic nitrogens is 1. The van der Waals surface area contributed by atoms with Crippen molar-refractivity contribution in [3.05, 3.63) is 58.5 Å². The van der Waals surface area contributed by atoms with Crippen LogP contribution in [0.25, 0.3) is 11.1 Å². The monoisotopic (exact) mass is 439 g/mol. The van der Waals surface area contributed by atoms with E-state index in [0.717, 1.165) is 18.7 Å². The predicted molar refractivity (Wildman–Crippen MR) is 129 cm³/mol. The third kappa shape index (κ3) is 4.66. The van der Waals surface area contributed by atoms with E-state index in [2.05, 4.69) is 39.5 Å². The largest absolute Gasteiger partial charge is 0.387 e. The van der Waals surface area contributed by atoms with E-state index in [1.165, 1.54) is 15.5 Å². The Hall–Kier alpha value is -2.44. The van der Waals surface area contributed by atoms with E-state index in [-0.39, 0.29) is 23.6 Å². The van der Waals surface area contributed by atoms with Gasteiger partial charge in [0, 0.05) is 56.0 Å². The zero-order valence-electron chi connectivity index (χ0n) is 20.5. The molecule has 1 N–H and O–H groups in total. The lowest BCUT2D eigenvalue weighted by molar-refractivity contribution is -0.142. The van der Waals surface area contributed by atoms with Crippen molar-refractivity contribution in [2.75, 3.05) is 27.2 Å². The molecule has 1 saturated heterocycles. The summed E-state index contributed by atoms with van der Waals surface area (Å²) in [6.45, 7) is 12.3. The number of aliphatic hydroxyl groups is 1. The molecule has 6 nitrogen and oxygen atoms in total. The Morgan fingerprint density at radius 3 is 2.31 bits per heavy atom. The van der Waals surface area contributed by atoms with E-state index in [9.17, 15) is 14.7 Å². The van der Waals surface area contributed by atoms with E-state index in [4.69, 9.17) is 0 Å². The number of hydrogen-bond acceptors (Lipinski definition) is 4. The Morgan fingerprint density at radius 1 is 1.16 bits per heavy atom. The fraction of sp³-hybridized carbons (Fsp3) is 0.538. The zero-order valence-corrected chi connectivity index (χ0v) is 20.5. The van der Waals surface area contributed by atoms with E-state index < -0.39 is 11.0 Å². The number of benzene rings is 1. The van der Waals surface area contributed by atoms with Gasteiger partial charge in [0.2, 0.25) is 0 Å². The van der Waals surface area contributed by atoms with Crippen LogP contribution in [0.15, 0.2) is 47.4 Å². The molecule has 1 aromatic carbocycles. The molecule has 1 aromatic heterocycles. The molecular formula is C26H37N3O3. The van der Waals surface area contributed by atoms with Crippen LogP contribution in [0.5, 0.6) is 0 Å². The lowest BCUT2D eigenvalue weighted by Crippen LogP contribution is -2.62. The number of piperidine rings is 1. The van der Waals surface area contributed by atoms with Crippen molar-refractivity contribution in [2.24, 2.45) is 5.41 Å². The van der Waals surface area contributed by atoms with Crippen molar-refractivity contribution in [2.45, 2.75) is 58.7 Å². The first-order valence-corrected chi connectivity index (χ1v) is 11.2. The lowest BCUT2D eigenvalue weighted by atomic mass is 9.69. The first kappa shape index (κ1) is 24.2. The molecule has 0 radical (unpaired) electrons. The molecule has 6 heteroatoms. The number of carbonyl (C=O) groups excluding carboxylic acids is 1. The van der Waals surface area contributed by atoms with Gasteiger partial charge in [0.1, 0.15) is 0 Å². The third-order valence-electron chi connectivity index (χ3n) is 6.87. The summed E-state index contributed by atoms with van der Waals surface area (Å²) < 4.78 is 1.51. The van der Waals surface area contributed by atoms with Crippen LogP contribution in [-0.2, 0) is 6.54 Å². The van der Waals surface area contributed by atoms with Gasteiger partial charge in [0.05, 0.1) is 17.7 Å². The normalized spacial score (nSPS) is 21.4. The SMILES string of the molecule is CN(C)C(=O)c1cn(C[C@]2(O)CCN(C(C)(C)C)CC2(C)C)c(=O)cc1-c1ccccc1. The lowest BCUT2D eigenvalue weighted by Gasteiger charge is -2.53. The van der Waals surface area contributed by atoms with Crippen LogP contribution < -0.4 is 5.56 Å². The summed E-state index contributed by atoms with van der Waals surface area (Å²) in [4.78, 5) is 30.0. The maximum atomic E-state index is 13.1. The smallest absolute Gasteiger partial charge is 0.255 e. The van der Waals surface area contributed by atoms with Crippen molar-refractivity contribution < 1.29 is 9.90 Å². The minimum Gasteiger partial charge on any atom is -0.387 e. The van der Waals surface area contributed by atoms with Gasteiger partial charge in [-0.15, -0.1) is 0 Å². The molecule has 0 aliphatic carbocycles. The number of pyridine rings is 1. The van der Waals surface area contributed by atoms with Crippen molar-refractivity contribution >= 4 is 5.91 Å². The quantitative estimate of drug-likeness (QED) is 0.792. The summed E-state index contributed by atoms with van der Waals surface area (Å²) in [7, 11) is 3.40. The number of rotatable bonds is 4. The third-order valence-corrected chi connectivity index (χ3v) is 6.87. The van der Waals surface area contributed by atoms with Crippen LogP contribution in [0.4, 0.5) is 0 Å². The maximum absolute atomic E-state index is 13.1. The average Bonchev–Trinajstić information content (AvgIpc) is 2.70. The van der Waals surface area contributed by atoms with Gasteiger partial charge in [-0.1, -0.05) is 44.2 Å². The van der Waals surface area contributed by atoms with Crippen molar-refractivity contribution in [1.29, 1.82) is 0 Å². The van der Waals surface area contributed by atoms with Crippen molar-refractivity contribution in [1.82, 2.24) is 14.4 Å². The average molecular weight is 440 g/mol. The summed E-state index contributed by atoms with van der Waals surface area (Å²) in [5, 5.41) is 11.7. The van der Waals surface area contributed by atoms with E-state index in [0.29, 0.717) is 17.5 Å². The van der Waals surface area contributed by atoms with Gasteiger partial charge in [-0.2, -0.15) is 0 Å². The Labute approximate surface area is 191 Å². The highest BCUT2D eigenvalue weighted by atomic mass is 16.3. The van der Waals surface area contributed by atoms with E-state index in [1.54, 1.807) is 20.3 Å². The molecule has 174 valence electrons. The topological polar surface area (TPSA) is 65.8 Å². The highest BCUT2D eigenvalue weighted by molar-refractivity contribution is 6.00. The Morgan fingerprint density at radius 2 is 1.78 bits per heavy atom. The fourth-order valence-corrected chi connectivity index (χ4v) is 4.47. The molecule has 1 amide bonds. The summed E-state index contributed by atoms with van der Waals surface area (Å²) in [6.07, 6.45) is 2.18. The Balaban J connectivity index is 2.03. The van der Waals surface area contributed by atoms with Gasteiger partial charge < -0.3 is 14.6 Å². The molecule has 0 unspecified atom stereocenters. The van der Waals surface area contributed by atoms with Gasteiger partial charge in [-0.25, -0.2) is 0 Å². The van der Waals surface area contributed by atoms with Crippen LogP contribution in [0.3, 0.4) is 0 Å². The number of nitrogens with zero attached hydrogens (tertiary/aromatic N) is 3. The second kappa shape index (κ2) is 8.49. The zero-order chi connectivity index (χ0) is 23.9. The van der Waals surface area contributed by atoms with Gasteiger partial charge in [-0.3, -0.25) is 14.5 Å². The summed E-state index contributed by atoms with van der Waals surface area (Å²) in [5.41, 5.74) is 0.181. The molecule has 2 aromatic rings. The summed E-state index contributed by atoms with van der Waals surface area (Å²) >= 11 is 0. The molecule has 3 rings (SSSR count). The number of hydrogen-bond donors (Lipinski definition) is 1. The highest BCUT2D eigenvalue weighted by Gasteiger charge is 2.49. The maximum Gasteiger partial charge on any atom is 0.255 e. The van der Waals surface area contributed by atoms with Gasteiger partial charge >= 0.3 is 0 Å². The molecule has 1 fully saturated rings. The second-order valence-electron chi connectivity index (χ2n) is 10.9. The summed E-state index contributed by atoms with van der Waals surface area (Å²) in [5.74, 6) is -0.175. The molecular weight excluding hydrogens is 402 g/mol. The number of amides is 1. The van der Waals surface area contributed by atoms with Crippen molar-refractivity contribution in [3.63, 3.8) is 0 Å². The van der Waals surface area contributed by atoms with Crippen LogP contribution in [0.1, 0.15) is 51.4 Å². The minimum absolute atomic E-state index is 0.0120. The first-order valence-electron chi connectivity index (χ1n) is 11.2. The van der Waals surface area contributed by atoms with Crippen LogP contribution in [0.2, 0.25) is 0 Å². The van der Waals surface area contributed by atoms with Crippen LogP contribution in [0, 0.1) is 5.41 Å². The highest BCUT2D eigenvalue weighted by Crippen LogP contribution is 2.41. The minimum atomic E-state index is -1.06. The van der Waals surface area contributed by atoms with Gasteiger partial charge in [-0.05, 0) is 32.8 Å². The number of carbonyl (C=O) groups is 1. The second-order valence-corrected chi connectivity index (χ2v) is 10.9. The Bertz CT molecular complexity index is 1030. The first-order chi connectivity index (χ1) is 14.7. The molecule has 0 spiro atoms. The molecule has 1 aliphatic rings. The molecule has 0 saturated carbocycles. The van der Waals surface area contributed by atoms with Crippen LogP contribution in [-0.4, -0.2) is 63.7 Å². The van der Waals surface area contributed by atoms with Crippen LogP contribution >= 0.6 is 0 Å². The standard InChI is InChI=1S/C26H37N3O3/c1-24(2,3)29-14-13-26(32,25(4,5)17-29)18-28-16-21(23(31)27(6)7)20(15-22(28)30)19-11-9-8-10-12-19/h8-12,15-16,32H,13-14,17-18H2,1-7H3/t26-/m1/s1. The number of likely N-dealkylation sites (tertiary alicyclic amines) is 1. The van der Waals surface area contributed by atoms with Crippen molar-refractivity contribution in [3.8, 4) is 11.1 Å². The molecule has 32 heavy (non-hydrogen) atoms. The van der Waals surface area contributed by atoms with Gasteiger partial charge in [0.15, 0.2) is 0 Å². The van der Waals surface area contributed by atoms with Gasteiger partial charge in [0.25, 0.3) is 11.5 Å². The summed E-state index contributed by atoms with van der Waals surface area (Å²) in [6, 6.07) is 11.0. The predicted octanol–water partition coefficient (Wildman–Crippen LogP) is 3.48. The molecule has 2 heterocycles. The molecule has 1 aliphatic heterocycles. The molecule has 0 bridgehead atoms. The molecule has 1 atom stereocenters. The van der Waals surface area contributed by atoms with E-state index in [1.807, 2.05) is 30.3 Å². The Kier molecular flexibility index (Phi) is 6.42. The fourth-order valence-electron chi connectivity index (χ4n) is 4.47. The van der Waals surface area contributed by atoms with E-state index >= 15 is 0 Å².